The first-order valence-electron chi connectivity index (χ1n) is 11.1. The summed E-state index contributed by atoms with van der Waals surface area (Å²) in [5.41, 5.74) is -1.34. The first-order chi connectivity index (χ1) is 15.6. The van der Waals surface area contributed by atoms with Gasteiger partial charge in [-0.05, 0) is 50.8 Å². The lowest BCUT2D eigenvalue weighted by atomic mass is 9.77. The summed E-state index contributed by atoms with van der Waals surface area (Å²) in [6.07, 6.45) is 2.93. The van der Waals surface area contributed by atoms with Crippen molar-refractivity contribution >= 4 is 53.5 Å². The van der Waals surface area contributed by atoms with Gasteiger partial charge >= 0.3 is 0 Å². The van der Waals surface area contributed by atoms with Gasteiger partial charge in [0.05, 0.1) is 31.5 Å². The van der Waals surface area contributed by atoms with Crippen molar-refractivity contribution < 1.29 is 18.2 Å². The molecular weight excluding hydrogens is 518 g/mol. The number of alkyl halides is 1. The number of allylic oxidation sites excluding steroid dienone is 1. The highest BCUT2D eigenvalue weighted by molar-refractivity contribution is 8.68. The van der Waals surface area contributed by atoms with Crippen molar-refractivity contribution in [2.45, 2.75) is 69.4 Å². The van der Waals surface area contributed by atoms with Crippen molar-refractivity contribution in [3.63, 3.8) is 0 Å². The van der Waals surface area contributed by atoms with E-state index < -0.39 is 30.1 Å². The number of halogens is 1. The monoisotopic (exact) mass is 548 g/mol. The van der Waals surface area contributed by atoms with Gasteiger partial charge in [0.2, 0.25) is 5.69 Å². The van der Waals surface area contributed by atoms with Crippen LogP contribution in [0, 0.1) is 11.8 Å². The molecular formula is C21H30FN4O4PS3. The molecule has 0 aromatic carbocycles. The number of fused-ring (bicyclic) bond motifs is 2. The summed E-state index contributed by atoms with van der Waals surface area (Å²) in [6, 6.07) is 0. The zero-order chi connectivity index (χ0) is 23.5. The van der Waals surface area contributed by atoms with Crippen LogP contribution in [0.25, 0.3) is 11.2 Å². The highest BCUT2D eigenvalue weighted by atomic mass is 32.9. The minimum absolute atomic E-state index is 0. The van der Waals surface area contributed by atoms with Crippen LogP contribution in [0.2, 0.25) is 0 Å². The van der Waals surface area contributed by atoms with E-state index in [0.29, 0.717) is 5.92 Å². The van der Waals surface area contributed by atoms with Crippen LogP contribution in [0.3, 0.4) is 0 Å². The Labute approximate surface area is 213 Å². The van der Waals surface area contributed by atoms with Gasteiger partial charge in [-0.3, -0.25) is 9.36 Å². The minimum Gasteiger partial charge on any atom is -0.349 e. The molecule has 3 fully saturated rings. The summed E-state index contributed by atoms with van der Waals surface area (Å²) in [7, 11) is 0. The second-order valence-electron chi connectivity index (χ2n) is 9.48. The predicted octanol–water partition coefficient (Wildman–Crippen LogP) is 4.61. The number of hydrogen-bond acceptors (Lipinski definition) is 8. The van der Waals surface area contributed by atoms with E-state index in [-0.39, 0.29) is 47.7 Å². The van der Waals surface area contributed by atoms with Gasteiger partial charge in [-0.15, -0.1) is 0 Å². The van der Waals surface area contributed by atoms with Crippen LogP contribution in [0.1, 0.15) is 46.3 Å². The number of ether oxygens (including phenoxy) is 1. The molecule has 4 heterocycles. The van der Waals surface area contributed by atoms with Gasteiger partial charge in [-0.2, -0.15) is 13.5 Å². The number of rotatable bonds is 5. The van der Waals surface area contributed by atoms with E-state index in [1.54, 1.807) is 18.3 Å². The smallest absolute Gasteiger partial charge is 0.278 e. The molecule has 5 rings (SSSR count). The first kappa shape index (κ1) is 26.3. The highest BCUT2D eigenvalue weighted by Crippen LogP contribution is 2.75. The summed E-state index contributed by atoms with van der Waals surface area (Å²) in [5, 5.41) is 0. The molecule has 8 atom stereocenters. The standard InChI is InChI=1S/C21H28FN4O4PS2.H2S/c1-11(2)13-5-6-21(4)15(7-13)30-31(32,33-21)28-8-14-12(3)16(22)20(29-14)26-10-25-17-18(26)23-9-24-19(17)27;/h9-10,12-16,20H,1,5-8H2,2-4H3,(H,23,24,27);1H2/t12-,13-,14-,15+,16-,20-,21+,31+;/m1./s1. The zero-order valence-electron chi connectivity index (χ0n) is 19.3. The molecule has 188 valence electrons. The Morgan fingerprint density at radius 3 is 3.03 bits per heavy atom. The third-order valence-corrected chi connectivity index (χ3v) is 13.0. The fourth-order valence-corrected chi connectivity index (χ4v) is 12.0. The molecule has 3 aliphatic rings. The Hall–Kier alpha value is -0.750. The molecule has 1 N–H and O–H groups in total. The van der Waals surface area contributed by atoms with Crippen molar-refractivity contribution in [1.29, 1.82) is 0 Å². The number of nitrogens with one attached hydrogen (secondary N) is 1. The van der Waals surface area contributed by atoms with E-state index >= 15 is 4.39 Å². The maximum absolute atomic E-state index is 15.2. The summed E-state index contributed by atoms with van der Waals surface area (Å²) in [5.74, 6) is 0.0108. The van der Waals surface area contributed by atoms with Crippen LogP contribution < -0.4 is 5.56 Å². The fraction of sp³-hybridized carbons (Fsp3) is 0.667. The second kappa shape index (κ2) is 9.61. The molecule has 8 nitrogen and oxygen atoms in total. The summed E-state index contributed by atoms with van der Waals surface area (Å²) >= 11 is 7.48. The van der Waals surface area contributed by atoms with Gasteiger partial charge in [0.25, 0.3) is 5.56 Å². The normalized spacial score (nSPS) is 39.6. The molecule has 2 aromatic rings. The Bertz CT molecular complexity index is 1190. The molecule has 0 spiro atoms. The predicted molar refractivity (Wildman–Crippen MR) is 140 cm³/mol. The summed E-state index contributed by atoms with van der Waals surface area (Å²) in [4.78, 5) is 22.6. The second-order valence-corrected chi connectivity index (χ2v) is 16.1. The van der Waals surface area contributed by atoms with Crippen LogP contribution in [0.15, 0.2) is 29.6 Å². The van der Waals surface area contributed by atoms with E-state index in [0.717, 1.165) is 19.3 Å². The third-order valence-electron chi connectivity index (χ3n) is 7.15. The fourth-order valence-electron chi connectivity index (χ4n) is 4.91. The average Bonchev–Trinajstić information content (AvgIpc) is 3.39. The summed E-state index contributed by atoms with van der Waals surface area (Å²) < 4.78 is 35.2. The topological polar surface area (TPSA) is 91.3 Å². The largest absolute Gasteiger partial charge is 0.349 e. The third kappa shape index (κ3) is 4.55. The Morgan fingerprint density at radius 1 is 1.53 bits per heavy atom. The van der Waals surface area contributed by atoms with Crippen molar-refractivity contribution in [3.8, 4) is 0 Å². The molecule has 0 radical (unpaired) electrons. The van der Waals surface area contributed by atoms with Gasteiger partial charge in [0, 0.05) is 10.7 Å². The average molecular weight is 549 g/mol. The lowest BCUT2D eigenvalue weighted by Gasteiger charge is -2.37. The van der Waals surface area contributed by atoms with Gasteiger partial charge in [0.15, 0.2) is 23.6 Å². The van der Waals surface area contributed by atoms with Crippen LogP contribution in [-0.4, -0.2) is 49.3 Å². The quantitative estimate of drug-likeness (QED) is 0.428. The van der Waals surface area contributed by atoms with Gasteiger partial charge < -0.3 is 18.8 Å². The van der Waals surface area contributed by atoms with Crippen molar-refractivity contribution in [3.05, 3.63) is 35.2 Å². The lowest BCUT2D eigenvalue weighted by Crippen LogP contribution is -2.39. The molecule has 13 heteroatoms. The lowest BCUT2D eigenvalue weighted by molar-refractivity contribution is -0.0343. The summed E-state index contributed by atoms with van der Waals surface area (Å²) in [6.45, 7) is 10.3. The zero-order valence-corrected chi connectivity index (χ0v) is 22.8. The van der Waals surface area contributed by atoms with Crippen molar-refractivity contribution in [1.82, 2.24) is 19.5 Å². The number of imidazole rings is 1. The van der Waals surface area contributed by atoms with Gasteiger partial charge in [0.1, 0.15) is 0 Å². The number of aromatic nitrogens is 4. The van der Waals surface area contributed by atoms with Gasteiger partial charge in [-0.1, -0.05) is 30.5 Å². The Kier molecular flexibility index (Phi) is 7.44. The van der Waals surface area contributed by atoms with E-state index in [4.69, 9.17) is 25.6 Å². The number of nitrogens with zero attached hydrogens (tertiary/aromatic N) is 3. The maximum Gasteiger partial charge on any atom is 0.278 e. The van der Waals surface area contributed by atoms with E-state index in [2.05, 4.69) is 35.4 Å². The molecule has 1 aliphatic carbocycles. The highest BCUT2D eigenvalue weighted by Gasteiger charge is 2.54. The Morgan fingerprint density at radius 2 is 2.29 bits per heavy atom. The Balaban J connectivity index is 0.00000274. The molecule has 0 amide bonds. The minimum atomic E-state index is -2.58. The van der Waals surface area contributed by atoms with E-state index in [9.17, 15) is 4.79 Å². The van der Waals surface area contributed by atoms with Crippen LogP contribution in [-0.2, 0) is 25.6 Å². The van der Waals surface area contributed by atoms with Crippen LogP contribution in [0.5, 0.6) is 0 Å². The molecule has 0 bridgehead atoms. The van der Waals surface area contributed by atoms with E-state index in [1.165, 1.54) is 22.8 Å². The number of hydrogen-bond donors (Lipinski definition) is 1. The molecule has 1 saturated carbocycles. The van der Waals surface area contributed by atoms with Crippen molar-refractivity contribution in [2.75, 3.05) is 6.61 Å². The number of aromatic amines is 1. The van der Waals surface area contributed by atoms with E-state index in [1.807, 2.05) is 0 Å². The molecule has 34 heavy (non-hydrogen) atoms. The molecule has 2 aromatic heterocycles. The van der Waals surface area contributed by atoms with Gasteiger partial charge in [-0.25, -0.2) is 14.4 Å². The van der Waals surface area contributed by atoms with Crippen LogP contribution >= 0.6 is 30.6 Å². The SMILES string of the molecule is C=C(C)[C@@H]1CC[C@]2(C)S[P@@](=S)(OC[C@H]3O[C@@H](n4cnc5c(=O)[nH]cnc54)[C@H](F)[C@@H]3C)O[C@H]2C1.S. The maximum atomic E-state index is 15.2. The first-order valence-corrected chi connectivity index (χ1v) is 15.1. The molecule has 0 unspecified atom stereocenters. The van der Waals surface area contributed by atoms with Crippen molar-refractivity contribution in [2.24, 2.45) is 11.8 Å². The van der Waals surface area contributed by atoms with Crippen LogP contribution in [0.4, 0.5) is 4.39 Å². The number of H-pyrrole nitrogens is 1. The molecule has 2 saturated heterocycles. The molecule has 2 aliphatic heterocycles.